The Morgan fingerprint density at radius 1 is 0.727 bits per heavy atom. The summed E-state index contributed by atoms with van der Waals surface area (Å²) in [6, 6.07) is 0.0326. The first-order chi connectivity index (χ1) is 13.0. The van der Waals surface area contributed by atoms with E-state index in [1.807, 2.05) is 47.0 Å². The lowest BCUT2D eigenvalue weighted by atomic mass is 9.87. The zero-order valence-electron chi connectivity index (χ0n) is 21.5. The van der Waals surface area contributed by atoms with Gasteiger partial charge in [0.15, 0.2) is 0 Å². The van der Waals surface area contributed by atoms with E-state index >= 15 is 0 Å². The monoisotopic (exact) mass is 331 g/mol. The van der Waals surface area contributed by atoms with Crippen molar-refractivity contribution in [3.8, 4) is 0 Å². The van der Waals surface area contributed by atoms with Crippen LogP contribution in [0.5, 0.6) is 0 Å². The molecule has 0 bridgehead atoms. The fourth-order valence-electron chi connectivity index (χ4n) is 3.22. The number of rotatable bonds is 0. The summed E-state index contributed by atoms with van der Waals surface area (Å²) in [5.74, 6) is 0. The van der Waals surface area contributed by atoms with Gasteiger partial charge in [0.25, 0.3) is 0 Å². The van der Waals surface area contributed by atoms with Crippen LogP contribution in [0, 0.1) is 0 Å². The molecule has 0 saturated carbocycles. The molecular formula is C20H28Si2. The highest BCUT2D eigenvalue weighted by molar-refractivity contribution is 7.16. The van der Waals surface area contributed by atoms with Gasteiger partial charge in [-0.2, -0.15) is 0 Å². The zero-order chi connectivity index (χ0) is 22.4. The predicted molar refractivity (Wildman–Crippen MR) is 105 cm³/mol. The van der Waals surface area contributed by atoms with Crippen molar-refractivity contribution in [3.63, 3.8) is 0 Å². The molecule has 2 heteroatoms. The van der Waals surface area contributed by atoms with Crippen LogP contribution < -0.4 is 20.7 Å². The van der Waals surface area contributed by atoms with E-state index in [2.05, 4.69) is 0 Å². The summed E-state index contributed by atoms with van der Waals surface area (Å²) in [5, 5.41) is 2.84. The zero-order valence-corrected chi connectivity index (χ0v) is 16.5. The van der Waals surface area contributed by atoms with Gasteiger partial charge in [0, 0.05) is 0 Å². The quantitative estimate of drug-likeness (QED) is 0.651. The van der Waals surface area contributed by atoms with E-state index in [0.29, 0.717) is 22.0 Å². The summed E-state index contributed by atoms with van der Waals surface area (Å²) < 4.78 is 60.3. The van der Waals surface area contributed by atoms with Crippen LogP contribution in [0.3, 0.4) is 0 Å². The van der Waals surface area contributed by atoms with E-state index in [1.54, 1.807) is 0 Å². The maximum atomic E-state index is 9.07. The summed E-state index contributed by atoms with van der Waals surface area (Å²) in [4.78, 5) is 0. The standard InChI is InChI=1S/C20H28Si2/c1-20(2,3)15-12-13-18-19(14-15)22(6,7)17-11-9-8-10-16(17)21(18,4)5/h8-14H,1-7H3/i8D,9D,10D,11D,12D,13D,14D. The van der Waals surface area contributed by atoms with Gasteiger partial charge < -0.3 is 0 Å². The molecule has 1 heterocycles. The summed E-state index contributed by atoms with van der Waals surface area (Å²) in [6.07, 6.45) is 0. The van der Waals surface area contributed by atoms with Crippen molar-refractivity contribution in [3.05, 3.63) is 47.9 Å². The third kappa shape index (κ3) is 2.16. The molecule has 0 radical (unpaired) electrons. The highest BCUT2D eigenvalue weighted by Gasteiger charge is 2.43. The second-order valence-electron chi connectivity index (χ2n) is 8.25. The van der Waals surface area contributed by atoms with Crippen LogP contribution in [0.4, 0.5) is 0 Å². The number of fused-ring (bicyclic) bond motifs is 2. The van der Waals surface area contributed by atoms with Gasteiger partial charge >= 0.3 is 0 Å². The molecule has 0 spiro atoms. The molecule has 2 aromatic rings. The first kappa shape index (κ1) is 9.24. The molecule has 116 valence electrons. The van der Waals surface area contributed by atoms with E-state index in [4.69, 9.17) is 9.60 Å². The number of benzene rings is 2. The predicted octanol–water partition coefficient (Wildman–Crippen LogP) is 2.94. The van der Waals surface area contributed by atoms with Crippen LogP contribution in [-0.2, 0) is 5.41 Å². The summed E-state index contributed by atoms with van der Waals surface area (Å²) in [7, 11) is -5.47. The molecule has 0 aromatic heterocycles. The van der Waals surface area contributed by atoms with Gasteiger partial charge in [0.2, 0.25) is 0 Å². The molecule has 22 heavy (non-hydrogen) atoms. The average molecular weight is 332 g/mol. The Labute approximate surface area is 147 Å². The summed E-state index contributed by atoms with van der Waals surface area (Å²) >= 11 is 0. The van der Waals surface area contributed by atoms with Crippen LogP contribution >= 0.6 is 0 Å². The molecule has 0 amide bonds. The molecular weight excluding hydrogens is 296 g/mol. The maximum absolute atomic E-state index is 9.07. The Bertz CT molecular complexity index is 1070. The Kier molecular flexibility index (Phi) is 1.97. The van der Waals surface area contributed by atoms with Crippen molar-refractivity contribution < 1.29 is 9.60 Å². The van der Waals surface area contributed by atoms with Crippen molar-refractivity contribution in [2.45, 2.75) is 52.4 Å². The maximum Gasteiger partial charge on any atom is 0.111 e. The Morgan fingerprint density at radius 2 is 1.18 bits per heavy atom. The molecule has 0 saturated heterocycles. The fraction of sp³-hybridized carbons (Fsp3) is 0.400. The minimum Gasteiger partial charge on any atom is -0.0627 e. The minimum atomic E-state index is -2.74. The van der Waals surface area contributed by atoms with E-state index in [0.717, 1.165) is 10.4 Å². The lowest BCUT2D eigenvalue weighted by Gasteiger charge is -2.42. The summed E-state index contributed by atoms with van der Waals surface area (Å²) in [5.41, 5.74) is 0.0850. The van der Waals surface area contributed by atoms with Crippen LogP contribution in [0.2, 0.25) is 26.2 Å². The number of hydrogen-bond donors (Lipinski definition) is 0. The van der Waals surface area contributed by atoms with Crippen LogP contribution in [0.15, 0.2) is 42.3 Å². The van der Waals surface area contributed by atoms with Crippen molar-refractivity contribution >= 4 is 36.9 Å². The average Bonchev–Trinajstić information content (AvgIpc) is 2.56. The highest BCUT2D eigenvalue weighted by Crippen LogP contribution is 2.23. The van der Waals surface area contributed by atoms with Crippen LogP contribution in [0.1, 0.15) is 35.9 Å². The van der Waals surface area contributed by atoms with Gasteiger partial charge in [-0.1, -0.05) is 110 Å². The second-order valence-corrected chi connectivity index (χ2v) is 16.8. The summed E-state index contributed by atoms with van der Waals surface area (Å²) in [6.45, 7) is 13.9. The third-order valence-corrected chi connectivity index (χ3v) is 11.8. The Balaban J connectivity index is 2.64. The minimum absolute atomic E-state index is 0.00193. The van der Waals surface area contributed by atoms with E-state index in [-0.39, 0.29) is 36.3 Å². The van der Waals surface area contributed by atoms with Gasteiger partial charge in [-0.3, -0.25) is 0 Å². The molecule has 1 aliphatic rings. The van der Waals surface area contributed by atoms with Gasteiger partial charge in [-0.05, 0) is 11.0 Å². The molecule has 0 fully saturated rings. The smallest absolute Gasteiger partial charge is 0.0627 e. The highest BCUT2D eigenvalue weighted by atomic mass is 28.3. The molecule has 1 aliphatic heterocycles. The molecule has 3 rings (SSSR count). The van der Waals surface area contributed by atoms with E-state index in [1.165, 1.54) is 0 Å². The normalized spacial score (nSPS) is 23.0. The molecule has 0 aliphatic carbocycles. The van der Waals surface area contributed by atoms with Crippen LogP contribution in [0.25, 0.3) is 0 Å². The van der Waals surface area contributed by atoms with E-state index in [9.17, 15) is 0 Å². The van der Waals surface area contributed by atoms with Gasteiger partial charge in [-0.15, -0.1) is 0 Å². The fourth-order valence-corrected chi connectivity index (χ4v) is 11.8. The first-order valence-electron chi connectivity index (χ1n) is 11.2. The van der Waals surface area contributed by atoms with Crippen molar-refractivity contribution in [2.24, 2.45) is 0 Å². The lowest BCUT2D eigenvalue weighted by molar-refractivity contribution is 0.591. The SMILES string of the molecule is [2H]c1c([2H])c([2H])c2c(c1[2H])[Si](C)(C)c1c([2H])c([2H])c(C(C)(C)C)c([2H])c1[Si]2(C)C. The number of hydrogen-bond acceptors (Lipinski definition) is 0. The largest absolute Gasteiger partial charge is 0.111 e. The third-order valence-electron chi connectivity index (χ3n) is 4.75. The van der Waals surface area contributed by atoms with Gasteiger partial charge in [-0.25, -0.2) is 0 Å². The second kappa shape index (κ2) is 4.68. The van der Waals surface area contributed by atoms with Crippen molar-refractivity contribution in [1.29, 1.82) is 0 Å². The van der Waals surface area contributed by atoms with Gasteiger partial charge in [0.05, 0.1) is 9.60 Å². The topological polar surface area (TPSA) is 0 Å². The van der Waals surface area contributed by atoms with Crippen molar-refractivity contribution in [2.75, 3.05) is 0 Å². The molecule has 0 atom stereocenters. The molecule has 0 nitrogen and oxygen atoms in total. The molecule has 0 N–H and O–H groups in total. The van der Waals surface area contributed by atoms with Crippen LogP contribution in [-0.4, -0.2) is 16.1 Å². The van der Waals surface area contributed by atoms with E-state index < -0.39 is 21.6 Å². The lowest BCUT2D eigenvalue weighted by Crippen LogP contribution is -2.77. The Hall–Kier alpha value is -1.13. The Morgan fingerprint density at radius 3 is 1.68 bits per heavy atom. The van der Waals surface area contributed by atoms with Crippen molar-refractivity contribution in [1.82, 2.24) is 0 Å². The molecule has 0 unspecified atom stereocenters. The first-order valence-corrected chi connectivity index (χ1v) is 13.8. The van der Waals surface area contributed by atoms with Gasteiger partial charge in [0.1, 0.15) is 16.1 Å². The molecule has 2 aromatic carbocycles.